The van der Waals surface area contributed by atoms with Crippen molar-refractivity contribution in [2.45, 2.75) is 26.2 Å². The van der Waals surface area contributed by atoms with Crippen molar-refractivity contribution >= 4 is 21.9 Å². The summed E-state index contributed by atoms with van der Waals surface area (Å²) in [4.78, 5) is 0. The first-order valence-electron chi connectivity index (χ1n) is 8.42. The standard InChI is InChI=1S/C22H18F2O2/c1-22(2,3)13-11-16(23)21(17(24)12-13)26-19-10-6-8-15-14-7-4-5-9-18(14)25-20(15)19/h4-12H,1-3H3. The second kappa shape index (κ2) is 5.84. The molecule has 0 radical (unpaired) electrons. The van der Waals surface area contributed by atoms with Crippen LogP contribution >= 0.6 is 0 Å². The lowest BCUT2D eigenvalue weighted by molar-refractivity contribution is 0.402. The van der Waals surface area contributed by atoms with E-state index < -0.39 is 17.4 Å². The lowest BCUT2D eigenvalue weighted by atomic mass is 9.87. The van der Waals surface area contributed by atoms with Gasteiger partial charge in [-0.05, 0) is 35.2 Å². The summed E-state index contributed by atoms with van der Waals surface area (Å²) in [5, 5.41) is 1.77. The van der Waals surface area contributed by atoms with Gasteiger partial charge in [-0.15, -0.1) is 0 Å². The van der Waals surface area contributed by atoms with Crippen LogP contribution in [0.3, 0.4) is 0 Å². The maximum atomic E-state index is 14.5. The van der Waals surface area contributed by atoms with Gasteiger partial charge < -0.3 is 9.15 Å². The molecule has 4 rings (SSSR count). The fourth-order valence-electron chi connectivity index (χ4n) is 3.00. The van der Waals surface area contributed by atoms with E-state index in [4.69, 9.17) is 9.15 Å². The fourth-order valence-corrected chi connectivity index (χ4v) is 3.00. The first-order valence-corrected chi connectivity index (χ1v) is 8.42. The lowest BCUT2D eigenvalue weighted by Gasteiger charge is -2.20. The second-order valence-corrected chi connectivity index (χ2v) is 7.35. The summed E-state index contributed by atoms with van der Waals surface area (Å²) in [5.74, 6) is -1.61. The van der Waals surface area contributed by atoms with E-state index in [1.807, 2.05) is 51.1 Å². The van der Waals surface area contributed by atoms with E-state index in [9.17, 15) is 8.78 Å². The molecular weight excluding hydrogens is 334 g/mol. The van der Waals surface area contributed by atoms with Crippen LogP contribution in [-0.2, 0) is 5.41 Å². The number of rotatable bonds is 2. The predicted molar refractivity (Wildman–Crippen MR) is 98.9 cm³/mol. The van der Waals surface area contributed by atoms with Gasteiger partial charge in [0.15, 0.2) is 28.7 Å². The molecule has 1 aromatic heterocycles. The summed E-state index contributed by atoms with van der Waals surface area (Å²) >= 11 is 0. The summed E-state index contributed by atoms with van der Waals surface area (Å²) in [6, 6.07) is 15.5. The number of ether oxygens (including phenoxy) is 1. The highest BCUT2D eigenvalue weighted by Crippen LogP contribution is 2.38. The number of hydrogen-bond donors (Lipinski definition) is 0. The molecule has 0 spiro atoms. The van der Waals surface area contributed by atoms with E-state index in [0.717, 1.165) is 10.8 Å². The van der Waals surface area contributed by atoms with Crippen LogP contribution in [0.5, 0.6) is 11.5 Å². The van der Waals surface area contributed by atoms with Crippen molar-refractivity contribution in [3.63, 3.8) is 0 Å². The van der Waals surface area contributed by atoms with E-state index in [-0.39, 0.29) is 11.2 Å². The number of furan rings is 1. The van der Waals surface area contributed by atoms with Crippen molar-refractivity contribution in [1.82, 2.24) is 0 Å². The highest BCUT2D eigenvalue weighted by Gasteiger charge is 2.22. The topological polar surface area (TPSA) is 22.4 Å². The summed E-state index contributed by atoms with van der Waals surface area (Å²) in [6.45, 7) is 5.70. The smallest absolute Gasteiger partial charge is 0.198 e. The van der Waals surface area contributed by atoms with Gasteiger partial charge >= 0.3 is 0 Å². The monoisotopic (exact) mass is 352 g/mol. The van der Waals surface area contributed by atoms with Gasteiger partial charge in [-0.3, -0.25) is 0 Å². The number of benzene rings is 3. The van der Waals surface area contributed by atoms with Crippen LogP contribution in [0.1, 0.15) is 26.3 Å². The third-order valence-electron chi connectivity index (χ3n) is 4.44. The minimum atomic E-state index is -0.733. The molecule has 2 nitrogen and oxygen atoms in total. The molecule has 0 aliphatic heterocycles. The predicted octanol–water partition coefficient (Wildman–Crippen LogP) is 6.95. The quantitative estimate of drug-likeness (QED) is 0.389. The molecule has 4 aromatic rings. The van der Waals surface area contributed by atoms with Gasteiger partial charge in [0.2, 0.25) is 0 Å². The van der Waals surface area contributed by atoms with Crippen LogP contribution in [0.2, 0.25) is 0 Å². The molecule has 3 aromatic carbocycles. The Bertz CT molecular complexity index is 1100. The van der Waals surface area contributed by atoms with Gasteiger partial charge in [0, 0.05) is 10.8 Å². The molecule has 132 valence electrons. The normalized spacial score (nSPS) is 12.0. The van der Waals surface area contributed by atoms with E-state index in [1.54, 1.807) is 12.1 Å². The molecule has 0 fully saturated rings. The first kappa shape index (κ1) is 16.6. The highest BCUT2D eigenvalue weighted by molar-refractivity contribution is 6.06. The minimum absolute atomic E-state index is 0.278. The zero-order chi connectivity index (χ0) is 18.5. The van der Waals surface area contributed by atoms with Crippen molar-refractivity contribution in [2.24, 2.45) is 0 Å². The summed E-state index contributed by atoms with van der Waals surface area (Å²) < 4.78 is 40.5. The first-order chi connectivity index (χ1) is 12.3. The van der Waals surface area contributed by atoms with Crippen LogP contribution in [0.25, 0.3) is 21.9 Å². The summed E-state index contributed by atoms with van der Waals surface area (Å²) in [6.07, 6.45) is 0. The minimum Gasteiger partial charge on any atom is -0.452 e. The van der Waals surface area contributed by atoms with E-state index in [1.165, 1.54) is 12.1 Å². The Kier molecular flexibility index (Phi) is 3.72. The SMILES string of the molecule is CC(C)(C)c1cc(F)c(Oc2cccc3c2oc2ccccc23)c(F)c1. The molecule has 0 unspecified atom stereocenters. The third kappa shape index (κ3) is 2.71. The molecule has 0 saturated heterocycles. The van der Waals surface area contributed by atoms with Gasteiger partial charge in [-0.2, -0.15) is 0 Å². The molecule has 1 heterocycles. The lowest BCUT2D eigenvalue weighted by Crippen LogP contribution is -2.12. The Morgan fingerprint density at radius 3 is 2.19 bits per heavy atom. The van der Waals surface area contributed by atoms with Crippen molar-refractivity contribution in [3.8, 4) is 11.5 Å². The average Bonchev–Trinajstić information content (AvgIpc) is 2.96. The van der Waals surface area contributed by atoms with Gasteiger partial charge in [-0.25, -0.2) is 8.78 Å². The third-order valence-corrected chi connectivity index (χ3v) is 4.44. The Morgan fingerprint density at radius 1 is 0.846 bits per heavy atom. The molecule has 0 saturated carbocycles. The molecule has 0 N–H and O–H groups in total. The second-order valence-electron chi connectivity index (χ2n) is 7.35. The van der Waals surface area contributed by atoms with Gasteiger partial charge in [0.25, 0.3) is 0 Å². The van der Waals surface area contributed by atoms with Gasteiger partial charge in [0.05, 0.1) is 0 Å². The van der Waals surface area contributed by atoms with E-state index >= 15 is 0 Å². The van der Waals surface area contributed by atoms with Crippen LogP contribution in [-0.4, -0.2) is 0 Å². The largest absolute Gasteiger partial charge is 0.452 e. The molecule has 0 amide bonds. The summed E-state index contributed by atoms with van der Waals surface area (Å²) in [7, 11) is 0. The Hall–Kier alpha value is -2.88. The van der Waals surface area contributed by atoms with Crippen LogP contribution < -0.4 is 4.74 Å². The van der Waals surface area contributed by atoms with Crippen LogP contribution in [0, 0.1) is 11.6 Å². The number of fused-ring (bicyclic) bond motifs is 3. The maximum Gasteiger partial charge on any atom is 0.198 e. The van der Waals surface area contributed by atoms with Gasteiger partial charge in [-0.1, -0.05) is 51.1 Å². The molecule has 0 bridgehead atoms. The average molecular weight is 352 g/mol. The van der Waals surface area contributed by atoms with Crippen LogP contribution in [0.15, 0.2) is 59.0 Å². The summed E-state index contributed by atoms with van der Waals surface area (Å²) in [5.41, 5.74) is 1.37. The van der Waals surface area contributed by atoms with Crippen LogP contribution in [0.4, 0.5) is 8.78 Å². The Morgan fingerprint density at radius 2 is 1.50 bits per heavy atom. The maximum absolute atomic E-state index is 14.5. The van der Waals surface area contributed by atoms with Crippen molar-refractivity contribution in [1.29, 1.82) is 0 Å². The van der Waals surface area contributed by atoms with E-state index in [2.05, 4.69) is 0 Å². The molecular formula is C22H18F2O2. The zero-order valence-corrected chi connectivity index (χ0v) is 14.8. The highest BCUT2D eigenvalue weighted by atomic mass is 19.1. The molecule has 26 heavy (non-hydrogen) atoms. The number of para-hydroxylation sites is 2. The zero-order valence-electron chi connectivity index (χ0n) is 14.8. The van der Waals surface area contributed by atoms with E-state index in [0.29, 0.717) is 16.7 Å². The number of hydrogen-bond acceptors (Lipinski definition) is 2. The number of halogens is 2. The molecule has 4 heteroatoms. The van der Waals surface area contributed by atoms with Crippen molar-refractivity contribution in [3.05, 3.63) is 71.8 Å². The molecule has 0 aliphatic rings. The van der Waals surface area contributed by atoms with Crippen molar-refractivity contribution in [2.75, 3.05) is 0 Å². The Balaban J connectivity index is 1.83. The van der Waals surface area contributed by atoms with Gasteiger partial charge in [0.1, 0.15) is 5.58 Å². The Labute approximate surface area is 150 Å². The fraction of sp³-hybridized carbons (Fsp3) is 0.182. The van der Waals surface area contributed by atoms with Crippen molar-refractivity contribution < 1.29 is 17.9 Å². The molecule has 0 aliphatic carbocycles. The molecule has 0 atom stereocenters.